The molecule has 0 saturated carbocycles. The van der Waals surface area contributed by atoms with Gasteiger partial charge in [-0.15, -0.1) is 0 Å². The van der Waals surface area contributed by atoms with Crippen LogP contribution in [0.15, 0.2) is 30.5 Å². The van der Waals surface area contributed by atoms with E-state index in [4.69, 9.17) is 16.7 Å². The molecule has 1 aromatic heterocycles. The normalized spacial score (nSPS) is 12.2. The van der Waals surface area contributed by atoms with E-state index >= 15 is 0 Å². The summed E-state index contributed by atoms with van der Waals surface area (Å²) in [4.78, 5) is 12.2. The minimum absolute atomic E-state index is 0.0386. The Balaban J connectivity index is 2.20. The Hall–Kier alpha value is -1.85. The number of aromatic amines is 1. The maximum atomic E-state index is 12.2. The van der Waals surface area contributed by atoms with Gasteiger partial charge in [-0.1, -0.05) is 23.7 Å². The van der Waals surface area contributed by atoms with Gasteiger partial charge in [0.1, 0.15) is 0 Å². The highest BCUT2D eigenvalue weighted by molar-refractivity contribution is 6.30. The minimum Gasteiger partial charge on any atom is -0.396 e. The van der Waals surface area contributed by atoms with E-state index in [1.54, 1.807) is 12.1 Å². The van der Waals surface area contributed by atoms with E-state index in [-0.39, 0.29) is 18.6 Å². The largest absolute Gasteiger partial charge is 0.396 e. The summed E-state index contributed by atoms with van der Waals surface area (Å²) in [7, 11) is 0. The van der Waals surface area contributed by atoms with Gasteiger partial charge in [-0.25, -0.2) is 0 Å². The summed E-state index contributed by atoms with van der Waals surface area (Å²) in [5.74, 6) is -0.218. The van der Waals surface area contributed by atoms with Crippen LogP contribution < -0.4 is 5.32 Å². The Morgan fingerprint density at radius 2 is 2.15 bits per heavy atom. The Kier molecular flexibility index (Phi) is 4.76. The van der Waals surface area contributed by atoms with E-state index in [1.165, 1.54) is 6.20 Å². The molecule has 3 N–H and O–H groups in total. The molecule has 1 heterocycles. The first-order valence-electron chi connectivity index (χ1n) is 6.33. The molecule has 0 bridgehead atoms. The molecule has 0 fully saturated rings. The zero-order valence-electron chi connectivity index (χ0n) is 11.1. The van der Waals surface area contributed by atoms with Crippen LogP contribution in [-0.4, -0.2) is 33.9 Å². The molecule has 0 spiro atoms. The van der Waals surface area contributed by atoms with Gasteiger partial charge < -0.3 is 10.4 Å². The van der Waals surface area contributed by atoms with E-state index in [1.807, 2.05) is 19.1 Å². The first-order chi connectivity index (χ1) is 9.61. The van der Waals surface area contributed by atoms with Crippen molar-refractivity contribution in [2.24, 2.45) is 0 Å². The topological polar surface area (TPSA) is 78.0 Å². The SMILES string of the molecule is CC(CCO)NC(=O)c1cn[nH]c1-c1ccc(Cl)cc1. The van der Waals surface area contributed by atoms with E-state index < -0.39 is 0 Å². The second-order valence-electron chi connectivity index (χ2n) is 4.55. The molecule has 0 aliphatic heterocycles. The Morgan fingerprint density at radius 1 is 1.45 bits per heavy atom. The summed E-state index contributed by atoms with van der Waals surface area (Å²) in [6.07, 6.45) is 2.00. The lowest BCUT2D eigenvalue weighted by atomic mass is 10.1. The summed E-state index contributed by atoms with van der Waals surface area (Å²) in [5.41, 5.74) is 1.96. The van der Waals surface area contributed by atoms with Gasteiger partial charge in [0, 0.05) is 23.2 Å². The fourth-order valence-corrected chi connectivity index (χ4v) is 1.99. The quantitative estimate of drug-likeness (QED) is 0.791. The van der Waals surface area contributed by atoms with Crippen LogP contribution in [0.25, 0.3) is 11.3 Å². The molecule has 0 aliphatic rings. The molecule has 0 radical (unpaired) electrons. The zero-order valence-corrected chi connectivity index (χ0v) is 11.8. The molecule has 106 valence electrons. The lowest BCUT2D eigenvalue weighted by Crippen LogP contribution is -2.33. The number of hydrogen-bond acceptors (Lipinski definition) is 3. The minimum atomic E-state index is -0.218. The van der Waals surface area contributed by atoms with Crippen LogP contribution in [0.5, 0.6) is 0 Å². The second-order valence-corrected chi connectivity index (χ2v) is 4.99. The maximum absolute atomic E-state index is 12.2. The number of benzene rings is 1. The summed E-state index contributed by atoms with van der Waals surface area (Å²) >= 11 is 5.85. The van der Waals surface area contributed by atoms with Gasteiger partial charge in [0.15, 0.2) is 0 Å². The lowest BCUT2D eigenvalue weighted by molar-refractivity contribution is 0.0935. The summed E-state index contributed by atoms with van der Waals surface area (Å²) < 4.78 is 0. The van der Waals surface area contributed by atoms with Crippen molar-refractivity contribution in [1.82, 2.24) is 15.5 Å². The van der Waals surface area contributed by atoms with Gasteiger partial charge in [0.05, 0.1) is 17.5 Å². The van der Waals surface area contributed by atoms with Crippen LogP contribution in [0.4, 0.5) is 0 Å². The Bertz CT molecular complexity index is 580. The van der Waals surface area contributed by atoms with Gasteiger partial charge in [0.2, 0.25) is 0 Å². The van der Waals surface area contributed by atoms with Gasteiger partial charge >= 0.3 is 0 Å². The number of nitrogens with zero attached hydrogens (tertiary/aromatic N) is 1. The molecule has 0 saturated heterocycles. The molecular formula is C14H16ClN3O2. The number of carbonyl (C=O) groups excluding carboxylic acids is 1. The fraction of sp³-hybridized carbons (Fsp3) is 0.286. The first-order valence-corrected chi connectivity index (χ1v) is 6.70. The average Bonchev–Trinajstić information content (AvgIpc) is 2.89. The van der Waals surface area contributed by atoms with Crippen molar-refractivity contribution in [2.75, 3.05) is 6.61 Å². The van der Waals surface area contributed by atoms with Crippen LogP contribution >= 0.6 is 11.6 Å². The number of aromatic nitrogens is 2. The van der Waals surface area contributed by atoms with Crippen LogP contribution in [0, 0.1) is 0 Å². The third-order valence-corrected chi connectivity index (χ3v) is 3.21. The third kappa shape index (κ3) is 3.37. The van der Waals surface area contributed by atoms with E-state index in [0.717, 1.165) is 5.56 Å². The van der Waals surface area contributed by atoms with Gasteiger partial charge in [-0.05, 0) is 25.5 Å². The Morgan fingerprint density at radius 3 is 2.80 bits per heavy atom. The van der Waals surface area contributed by atoms with Crippen molar-refractivity contribution in [3.05, 3.63) is 41.0 Å². The number of carbonyl (C=O) groups is 1. The lowest BCUT2D eigenvalue weighted by Gasteiger charge is -2.12. The van der Waals surface area contributed by atoms with Gasteiger partial charge in [-0.2, -0.15) is 5.10 Å². The van der Waals surface area contributed by atoms with Crippen LogP contribution in [0.1, 0.15) is 23.7 Å². The molecule has 1 aromatic carbocycles. The predicted octanol–water partition coefficient (Wildman–Crippen LogP) is 2.23. The summed E-state index contributed by atoms with van der Waals surface area (Å²) in [6, 6.07) is 7.07. The zero-order chi connectivity index (χ0) is 14.5. The smallest absolute Gasteiger partial charge is 0.255 e. The summed E-state index contributed by atoms with van der Waals surface area (Å²) in [5, 5.41) is 19.1. The molecular weight excluding hydrogens is 278 g/mol. The molecule has 1 unspecified atom stereocenters. The molecule has 5 nitrogen and oxygen atoms in total. The summed E-state index contributed by atoms with van der Waals surface area (Å²) in [6.45, 7) is 1.88. The van der Waals surface area contributed by atoms with Gasteiger partial charge in [-0.3, -0.25) is 9.89 Å². The first kappa shape index (κ1) is 14.6. The van der Waals surface area contributed by atoms with Crippen molar-refractivity contribution in [2.45, 2.75) is 19.4 Å². The molecule has 6 heteroatoms. The number of aliphatic hydroxyl groups is 1. The van der Waals surface area contributed by atoms with Crippen molar-refractivity contribution in [1.29, 1.82) is 0 Å². The Labute approximate surface area is 122 Å². The monoisotopic (exact) mass is 293 g/mol. The fourth-order valence-electron chi connectivity index (χ4n) is 1.86. The number of amides is 1. The van der Waals surface area contributed by atoms with Crippen molar-refractivity contribution < 1.29 is 9.90 Å². The molecule has 2 rings (SSSR count). The number of aliphatic hydroxyl groups excluding tert-OH is 1. The van der Waals surface area contributed by atoms with Crippen LogP contribution in [-0.2, 0) is 0 Å². The van der Waals surface area contributed by atoms with E-state index in [0.29, 0.717) is 22.7 Å². The van der Waals surface area contributed by atoms with Crippen molar-refractivity contribution in [3.8, 4) is 11.3 Å². The molecule has 0 aliphatic carbocycles. The van der Waals surface area contributed by atoms with E-state index in [2.05, 4.69) is 15.5 Å². The number of nitrogens with one attached hydrogen (secondary N) is 2. The molecule has 20 heavy (non-hydrogen) atoms. The number of hydrogen-bond donors (Lipinski definition) is 3. The number of H-pyrrole nitrogens is 1. The van der Waals surface area contributed by atoms with Crippen LogP contribution in [0.2, 0.25) is 5.02 Å². The average molecular weight is 294 g/mol. The predicted molar refractivity (Wildman–Crippen MR) is 77.7 cm³/mol. The maximum Gasteiger partial charge on any atom is 0.255 e. The van der Waals surface area contributed by atoms with Crippen molar-refractivity contribution in [3.63, 3.8) is 0 Å². The molecule has 1 atom stereocenters. The van der Waals surface area contributed by atoms with E-state index in [9.17, 15) is 4.79 Å². The third-order valence-electron chi connectivity index (χ3n) is 2.96. The second kappa shape index (κ2) is 6.54. The molecule has 2 aromatic rings. The highest BCUT2D eigenvalue weighted by Crippen LogP contribution is 2.22. The highest BCUT2D eigenvalue weighted by atomic mass is 35.5. The van der Waals surface area contributed by atoms with Crippen molar-refractivity contribution >= 4 is 17.5 Å². The van der Waals surface area contributed by atoms with Crippen LogP contribution in [0.3, 0.4) is 0 Å². The number of rotatable bonds is 5. The standard InChI is InChI=1S/C14H16ClN3O2/c1-9(6-7-19)17-14(20)12-8-16-18-13(12)10-2-4-11(15)5-3-10/h2-5,8-9,19H,6-7H2,1H3,(H,16,18)(H,17,20). The van der Waals surface area contributed by atoms with Gasteiger partial charge in [0.25, 0.3) is 5.91 Å². The number of halogens is 1. The molecule has 1 amide bonds. The highest BCUT2D eigenvalue weighted by Gasteiger charge is 2.16.